The Hall–Kier alpha value is -3.22. The summed E-state index contributed by atoms with van der Waals surface area (Å²) in [6, 6.07) is 12.4. The van der Waals surface area contributed by atoms with Gasteiger partial charge in [-0.2, -0.15) is 0 Å². The smallest absolute Gasteiger partial charge is 0.337 e. The standard InChI is InChI=1S/C20H22N2O5/c1-22(13-14-3-6-16(7-4-14)19(23)25-2)20(24)21-12-15-5-8-17-18(11-15)27-10-9-26-17/h3-8,11H,9-10,12-13H2,1-2H3,(H,21,24). The molecular formula is C20H22N2O5. The Labute approximate surface area is 157 Å². The Balaban J connectivity index is 1.52. The van der Waals surface area contributed by atoms with E-state index in [-0.39, 0.29) is 12.0 Å². The van der Waals surface area contributed by atoms with E-state index in [2.05, 4.69) is 10.1 Å². The van der Waals surface area contributed by atoms with E-state index < -0.39 is 0 Å². The SMILES string of the molecule is COC(=O)c1ccc(CN(C)C(=O)NCc2ccc3c(c2)OCCO3)cc1. The van der Waals surface area contributed by atoms with Crippen LogP contribution >= 0.6 is 0 Å². The first-order valence-corrected chi connectivity index (χ1v) is 8.61. The molecule has 0 unspecified atom stereocenters. The van der Waals surface area contributed by atoms with Crippen molar-refractivity contribution in [3.05, 3.63) is 59.2 Å². The molecule has 1 heterocycles. The lowest BCUT2D eigenvalue weighted by molar-refractivity contribution is 0.0600. The summed E-state index contributed by atoms with van der Waals surface area (Å²) in [6.45, 7) is 1.89. The van der Waals surface area contributed by atoms with Crippen molar-refractivity contribution in [3.63, 3.8) is 0 Å². The predicted octanol–water partition coefficient (Wildman–Crippen LogP) is 2.59. The number of rotatable bonds is 5. The molecule has 0 fully saturated rings. The zero-order valence-corrected chi connectivity index (χ0v) is 15.4. The average Bonchev–Trinajstić information content (AvgIpc) is 2.71. The summed E-state index contributed by atoms with van der Waals surface area (Å²) >= 11 is 0. The van der Waals surface area contributed by atoms with Gasteiger partial charge in [-0.15, -0.1) is 0 Å². The van der Waals surface area contributed by atoms with Crippen molar-refractivity contribution < 1.29 is 23.8 Å². The van der Waals surface area contributed by atoms with Crippen LogP contribution in [0, 0.1) is 0 Å². The number of nitrogens with zero attached hydrogens (tertiary/aromatic N) is 1. The first-order chi connectivity index (χ1) is 13.1. The van der Waals surface area contributed by atoms with Crippen LogP contribution in [0.1, 0.15) is 21.5 Å². The largest absolute Gasteiger partial charge is 0.486 e. The molecule has 2 aromatic carbocycles. The summed E-state index contributed by atoms with van der Waals surface area (Å²) in [5.41, 5.74) is 2.33. The summed E-state index contributed by atoms with van der Waals surface area (Å²) in [7, 11) is 3.06. The molecule has 0 saturated carbocycles. The van der Waals surface area contributed by atoms with Crippen LogP contribution in [0.5, 0.6) is 11.5 Å². The van der Waals surface area contributed by atoms with Gasteiger partial charge in [0.1, 0.15) is 13.2 Å². The van der Waals surface area contributed by atoms with Crippen LogP contribution in [-0.4, -0.2) is 44.3 Å². The third kappa shape index (κ3) is 4.69. The summed E-state index contributed by atoms with van der Waals surface area (Å²) < 4.78 is 15.7. The molecule has 27 heavy (non-hydrogen) atoms. The highest BCUT2D eigenvalue weighted by Gasteiger charge is 2.13. The zero-order chi connectivity index (χ0) is 19.2. The highest BCUT2D eigenvalue weighted by molar-refractivity contribution is 5.89. The minimum Gasteiger partial charge on any atom is -0.486 e. The van der Waals surface area contributed by atoms with Crippen LogP contribution in [-0.2, 0) is 17.8 Å². The molecular weight excluding hydrogens is 348 g/mol. The molecule has 7 heteroatoms. The molecule has 0 aromatic heterocycles. The van der Waals surface area contributed by atoms with E-state index in [1.807, 2.05) is 18.2 Å². The second kappa shape index (κ2) is 8.44. The third-order valence-electron chi connectivity index (χ3n) is 4.19. The maximum Gasteiger partial charge on any atom is 0.337 e. The fourth-order valence-electron chi connectivity index (χ4n) is 2.72. The predicted molar refractivity (Wildman–Crippen MR) is 98.9 cm³/mol. The minimum atomic E-state index is -0.382. The number of fused-ring (bicyclic) bond motifs is 1. The Morgan fingerprint density at radius 3 is 2.41 bits per heavy atom. The third-order valence-corrected chi connectivity index (χ3v) is 4.19. The fraction of sp³-hybridized carbons (Fsp3) is 0.300. The Kier molecular flexibility index (Phi) is 5.80. The molecule has 1 aliphatic rings. The van der Waals surface area contributed by atoms with E-state index in [0.717, 1.165) is 16.9 Å². The van der Waals surface area contributed by atoms with Crippen molar-refractivity contribution in [2.45, 2.75) is 13.1 Å². The minimum absolute atomic E-state index is 0.193. The van der Waals surface area contributed by atoms with Crippen molar-refractivity contribution in [3.8, 4) is 11.5 Å². The zero-order valence-electron chi connectivity index (χ0n) is 15.4. The lowest BCUT2D eigenvalue weighted by Crippen LogP contribution is -2.36. The Morgan fingerprint density at radius 2 is 1.70 bits per heavy atom. The highest BCUT2D eigenvalue weighted by Crippen LogP contribution is 2.30. The summed E-state index contributed by atoms with van der Waals surface area (Å²) in [6.07, 6.45) is 0. The number of hydrogen-bond acceptors (Lipinski definition) is 5. The van der Waals surface area contributed by atoms with Crippen LogP contribution in [0.4, 0.5) is 4.79 Å². The monoisotopic (exact) mass is 370 g/mol. The number of esters is 1. The van der Waals surface area contributed by atoms with Crippen LogP contribution in [0.3, 0.4) is 0 Å². The van der Waals surface area contributed by atoms with Gasteiger partial charge in [0.05, 0.1) is 12.7 Å². The molecule has 0 aliphatic carbocycles. The summed E-state index contributed by atoms with van der Waals surface area (Å²) in [5, 5.41) is 2.88. The van der Waals surface area contributed by atoms with Crippen LogP contribution < -0.4 is 14.8 Å². The first kappa shape index (κ1) is 18.6. The van der Waals surface area contributed by atoms with E-state index in [1.54, 1.807) is 36.2 Å². The molecule has 2 aromatic rings. The normalized spacial score (nSPS) is 12.2. The fourth-order valence-corrected chi connectivity index (χ4v) is 2.72. The number of carbonyl (C=O) groups excluding carboxylic acids is 2. The molecule has 0 saturated heterocycles. The molecule has 3 rings (SSSR count). The number of hydrogen-bond donors (Lipinski definition) is 1. The van der Waals surface area contributed by atoms with Crippen LogP contribution in [0.25, 0.3) is 0 Å². The number of urea groups is 1. The van der Waals surface area contributed by atoms with Crippen LogP contribution in [0.15, 0.2) is 42.5 Å². The molecule has 1 N–H and O–H groups in total. The maximum atomic E-state index is 12.3. The van der Waals surface area contributed by atoms with Gasteiger partial charge in [-0.25, -0.2) is 9.59 Å². The van der Waals surface area contributed by atoms with E-state index in [9.17, 15) is 9.59 Å². The molecule has 0 spiro atoms. The second-order valence-corrected chi connectivity index (χ2v) is 6.18. The Morgan fingerprint density at radius 1 is 1.04 bits per heavy atom. The van der Waals surface area contributed by atoms with Gasteiger partial charge in [-0.3, -0.25) is 0 Å². The van der Waals surface area contributed by atoms with E-state index >= 15 is 0 Å². The van der Waals surface area contributed by atoms with Gasteiger partial charge in [-0.1, -0.05) is 18.2 Å². The molecule has 7 nitrogen and oxygen atoms in total. The highest BCUT2D eigenvalue weighted by atomic mass is 16.6. The van der Waals surface area contributed by atoms with E-state index in [0.29, 0.717) is 37.6 Å². The summed E-state index contributed by atoms with van der Waals surface area (Å²) in [5.74, 6) is 1.04. The van der Waals surface area contributed by atoms with Crippen molar-refractivity contribution in [1.82, 2.24) is 10.2 Å². The molecule has 0 atom stereocenters. The van der Waals surface area contributed by atoms with Gasteiger partial charge in [0.2, 0.25) is 0 Å². The number of ether oxygens (including phenoxy) is 3. The maximum absolute atomic E-state index is 12.3. The number of benzene rings is 2. The molecule has 0 radical (unpaired) electrons. The van der Waals surface area contributed by atoms with E-state index in [1.165, 1.54) is 7.11 Å². The van der Waals surface area contributed by atoms with Gasteiger partial charge in [0, 0.05) is 20.1 Å². The van der Waals surface area contributed by atoms with E-state index in [4.69, 9.17) is 9.47 Å². The second-order valence-electron chi connectivity index (χ2n) is 6.18. The van der Waals surface area contributed by atoms with Gasteiger partial charge in [0.25, 0.3) is 0 Å². The van der Waals surface area contributed by atoms with Crippen molar-refractivity contribution in [1.29, 1.82) is 0 Å². The Bertz CT molecular complexity index is 820. The number of amides is 2. The molecule has 1 aliphatic heterocycles. The molecule has 2 amide bonds. The topological polar surface area (TPSA) is 77.1 Å². The van der Waals surface area contributed by atoms with Gasteiger partial charge >= 0.3 is 12.0 Å². The lowest BCUT2D eigenvalue weighted by atomic mass is 10.1. The molecule has 0 bridgehead atoms. The van der Waals surface area contributed by atoms with Gasteiger partial charge in [-0.05, 0) is 35.4 Å². The van der Waals surface area contributed by atoms with Crippen LogP contribution in [0.2, 0.25) is 0 Å². The quantitative estimate of drug-likeness (QED) is 0.819. The van der Waals surface area contributed by atoms with Crippen molar-refractivity contribution >= 4 is 12.0 Å². The number of methoxy groups -OCH3 is 1. The van der Waals surface area contributed by atoms with Gasteiger partial charge in [0.15, 0.2) is 11.5 Å². The lowest BCUT2D eigenvalue weighted by Gasteiger charge is -2.20. The first-order valence-electron chi connectivity index (χ1n) is 8.61. The molecule has 142 valence electrons. The number of carbonyl (C=O) groups is 2. The average molecular weight is 370 g/mol. The summed E-state index contributed by atoms with van der Waals surface area (Å²) in [4.78, 5) is 25.3. The van der Waals surface area contributed by atoms with Crippen molar-refractivity contribution in [2.24, 2.45) is 0 Å². The van der Waals surface area contributed by atoms with Crippen molar-refractivity contribution in [2.75, 3.05) is 27.4 Å². The number of nitrogens with one attached hydrogen (secondary N) is 1. The van der Waals surface area contributed by atoms with Gasteiger partial charge < -0.3 is 24.4 Å².